The summed E-state index contributed by atoms with van der Waals surface area (Å²) in [5, 5.41) is 2.88. The van der Waals surface area contributed by atoms with Crippen LogP contribution in [-0.2, 0) is 4.79 Å². The van der Waals surface area contributed by atoms with Gasteiger partial charge < -0.3 is 11.1 Å². The van der Waals surface area contributed by atoms with Crippen LogP contribution < -0.4 is 11.1 Å². The van der Waals surface area contributed by atoms with Crippen LogP contribution in [0.3, 0.4) is 0 Å². The zero-order valence-electron chi connectivity index (χ0n) is 9.08. The smallest absolute Gasteiger partial charge is 0.221 e. The molecule has 0 aromatic carbocycles. The second kappa shape index (κ2) is 3.57. The van der Waals surface area contributed by atoms with Gasteiger partial charge in [-0.15, -0.1) is 0 Å². The number of fused-ring (bicyclic) bond motifs is 1. The summed E-state index contributed by atoms with van der Waals surface area (Å²) in [4.78, 5) is 11.0. The summed E-state index contributed by atoms with van der Waals surface area (Å²) in [6.45, 7) is 3.63. The van der Waals surface area contributed by atoms with Crippen LogP contribution in [0.15, 0.2) is 35.2 Å². The van der Waals surface area contributed by atoms with E-state index in [2.05, 4.69) is 12.2 Å². The minimum absolute atomic E-state index is 0.0129. The van der Waals surface area contributed by atoms with E-state index in [-0.39, 0.29) is 5.91 Å². The van der Waals surface area contributed by atoms with Gasteiger partial charge in [0.25, 0.3) is 0 Å². The normalized spacial score (nSPS) is 28.8. The van der Waals surface area contributed by atoms with Crippen molar-refractivity contribution in [1.29, 1.82) is 0 Å². The lowest BCUT2D eigenvalue weighted by molar-refractivity contribution is -0.118. The summed E-state index contributed by atoms with van der Waals surface area (Å²) < 4.78 is 0. The highest BCUT2D eigenvalue weighted by Crippen LogP contribution is 2.48. The summed E-state index contributed by atoms with van der Waals surface area (Å²) in [6.07, 6.45) is 6.91. The molecule has 0 aromatic heterocycles. The topological polar surface area (TPSA) is 55.1 Å². The Morgan fingerprint density at radius 3 is 2.87 bits per heavy atom. The number of amides is 1. The largest absolute Gasteiger partial charge is 0.399 e. The molecule has 2 rings (SSSR count). The van der Waals surface area contributed by atoms with E-state index in [0.29, 0.717) is 11.8 Å². The molecule has 3 heteroatoms. The van der Waals surface area contributed by atoms with Crippen LogP contribution in [0, 0.1) is 11.8 Å². The van der Waals surface area contributed by atoms with E-state index in [4.69, 9.17) is 5.73 Å². The third kappa shape index (κ3) is 2.12. The number of carbonyl (C=O) groups is 1. The first kappa shape index (κ1) is 10.0. The Labute approximate surface area is 89.7 Å². The molecule has 0 heterocycles. The third-order valence-electron chi connectivity index (χ3n) is 2.94. The maximum atomic E-state index is 11.0. The van der Waals surface area contributed by atoms with Crippen LogP contribution in [0.4, 0.5) is 0 Å². The maximum absolute atomic E-state index is 11.0. The van der Waals surface area contributed by atoms with E-state index in [1.165, 1.54) is 12.5 Å². The number of nitrogens with two attached hydrogens (primary N) is 1. The van der Waals surface area contributed by atoms with Gasteiger partial charge in [-0.05, 0) is 37.5 Å². The molecule has 3 N–H and O–H groups in total. The minimum atomic E-state index is -0.0129. The number of hydrogen-bond acceptors (Lipinski definition) is 2. The highest BCUT2D eigenvalue weighted by Gasteiger charge is 2.41. The quantitative estimate of drug-likeness (QED) is 0.679. The van der Waals surface area contributed by atoms with Crippen LogP contribution in [0.5, 0.6) is 0 Å². The van der Waals surface area contributed by atoms with Crippen molar-refractivity contribution < 1.29 is 4.79 Å². The van der Waals surface area contributed by atoms with Gasteiger partial charge in [0.2, 0.25) is 5.91 Å². The summed E-state index contributed by atoms with van der Waals surface area (Å²) in [7, 11) is 0. The Morgan fingerprint density at radius 1 is 1.47 bits per heavy atom. The molecule has 2 aliphatic carbocycles. The number of rotatable bonds is 1. The highest BCUT2D eigenvalue weighted by molar-refractivity contribution is 5.75. The van der Waals surface area contributed by atoms with E-state index in [1.807, 2.05) is 18.2 Å². The fraction of sp³-hybridized carbons (Fsp3) is 0.417. The van der Waals surface area contributed by atoms with Gasteiger partial charge in [-0.2, -0.15) is 0 Å². The van der Waals surface area contributed by atoms with Gasteiger partial charge in [0, 0.05) is 24.2 Å². The third-order valence-corrected chi connectivity index (χ3v) is 2.94. The molecule has 3 nitrogen and oxygen atoms in total. The van der Waals surface area contributed by atoms with Gasteiger partial charge in [0.15, 0.2) is 0 Å². The summed E-state index contributed by atoms with van der Waals surface area (Å²) in [6, 6.07) is 0. The van der Waals surface area contributed by atoms with Crippen molar-refractivity contribution in [3.05, 3.63) is 35.2 Å². The van der Waals surface area contributed by atoms with Crippen molar-refractivity contribution in [3.63, 3.8) is 0 Å². The molecule has 80 valence electrons. The van der Waals surface area contributed by atoms with E-state index < -0.39 is 0 Å². The standard InChI is InChI=1S/C12H16N2O/c1-7-5-9(13)3-4-12(14-8(2)15)11-6-10(7)11/h3-5,10-11H,6,13H2,1-2H3,(H,14,15)/t10-,11?/m1/s1. The Balaban J connectivity index is 2.24. The van der Waals surface area contributed by atoms with Crippen molar-refractivity contribution in [3.8, 4) is 0 Å². The molecule has 2 aliphatic rings. The number of nitrogens with one attached hydrogen (secondary N) is 1. The predicted molar refractivity (Wildman–Crippen MR) is 59.5 cm³/mol. The van der Waals surface area contributed by atoms with Crippen molar-refractivity contribution in [2.75, 3.05) is 0 Å². The van der Waals surface area contributed by atoms with Crippen LogP contribution in [-0.4, -0.2) is 5.91 Å². The lowest BCUT2D eigenvalue weighted by Crippen LogP contribution is -2.21. The average Bonchev–Trinajstić information content (AvgIpc) is 2.89. The molecule has 15 heavy (non-hydrogen) atoms. The van der Waals surface area contributed by atoms with Gasteiger partial charge >= 0.3 is 0 Å². The second-order valence-electron chi connectivity index (χ2n) is 4.31. The average molecular weight is 204 g/mol. The molecule has 0 aromatic rings. The van der Waals surface area contributed by atoms with Gasteiger partial charge in [-0.3, -0.25) is 4.79 Å². The van der Waals surface area contributed by atoms with Crippen LogP contribution in [0.25, 0.3) is 0 Å². The molecule has 1 amide bonds. The molecule has 0 radical (unpaired) electrons. The molecule has 1 saturated carbocycles. The number of allylic oxidation sites excluding steroid dienone is 5. The second-order valence-corrected chi connectivity index (χ2v) is 4.31. The Hall–Kier alpha value is -1.51. The fourth-order valence-electron chi connectivity index (χ4n) is 2.11. The zero-order chi connectivity index (χ0) is 11.0. The van der Waals surface area contributed by atoms with Crippen LogP contribution >= 0.6 is 0 Å². The monoisotopic (exact) mass is 204 g/mol. The first-order valence-electron chi connectivity index (χ1n) is 5.21. The van der Waals surface area contributed by atoms with E-state index in [0.717, 1.165) is 17.8 Å². The molecule has 1 fully saturated rings. The first-order chi connectivity index (χ1) is 7.08. The SMILES string of the molecule is CC(=O)NC1=CC=C(N)C=C(C)[C@H]2CC12. The zero-order valence-corrected chi connectivity index (χ0v) is 9.08. The Kier molecular flexibility index (Phi) is 2.39. The predicted octanol–water partition coefficient (Wildman–Crippen LogP) is 1.45. The van der Waals surface area contributed by atoms with Gasteiger partial charge in [-0.25, -0.2) is 0 Å². The molecule has 0 bridgehead atoms. The van der Waals surface area contributed by atoms with Crippen molar-refractivity contribution in [2.24, 2.45) is 17.6 Å². The van der Waals surface area contributed by atoms with E-state index in [1.54, 1.807) is 0 Å². The molecule has 0 aliphatic heterocycles. The minimum Gasteiger partial charge on any atom is -0.399 e. The number of carbonyl (C=O) groups excluding carboxylic acids is 1. The summed E-state index contributed by atoms with van der Waals surface area (Å²) >= 11 is 0. The van der Waals surface area contributed by atoms with Crippen molar-refractivity contribution in [1.82, 2.24) is 5.32 Å². The van der Waals surface area contributed by atoms with E-state index >= 15 is 0 Å². The molecule has 2 atom stereocenters. The van der Waals surface area contributed by atoms with Crippen LogP contribution in [0.1, 0.15) is 20.3 Å². The van der Waals surface area contributed by atoms with Crippen LogP contribution in [0.2, 0.25) is 0 Å². The number of hydrogen-bond donors (Lipinski definition) is 2. The first-order valence-corrected chi connectivity index (χ1v) is 5.21. The molecule has 0 saturated heterocycles. The lowest BCUT2D eigenvalue weighted by atomic mass is 10.1. The highest BCUT2D eigenvalue weighted by atomic mass is 16.1. The Morgan fingerprint density at radius 2 is 2.20 bits per heavy atom. The van der Waals surface area contributed by atoms with Crippen molar-refractivity contribution >= 4 is 5.91 Å². The van der Waals surface area contributed by atoms with Gasteiger partial charge in [-0.1, -0.05) is 5.57 Å². The lowest BCUT2D eigenvalue weighted by Gasteiger charge is -2.10. The van der Waals surface area contributed by atoms with Gasteiger partial charge in [0.05, 0.1) is 0 Å². The molecule has 1 unspecified atom stereocenters. The molecule has 0 spiro atoms. The maximum Gasteiger partial charge on any atom is 0.221 e. The van der Waals surface area contributed by atoms with Gasteiger partial charge in [0.1, 0.15) is 0 Å². The fourth-order valence-corrected chi connectivity index (χ4v) is 2.11. The van der Waals surface area contributed by atoms with Crippen molar-refractivity contribution in [2.45, 2.75) is 20.3 Å². The molecular formula is C12H16N2O. The Bertz CT molecular complexity index is 390. The molecular weight excluding hydrogens is 188 g/mol. The summed E-state index contributed by atoms with van der Waals surface area (Å²) in [5.74, 6) is 1.03. The van der Waals surface area contributed by atoms with E-state index in [9.17, 15) is 4.79 Å². The summed E-state index contributed by atoms with van der Waals surface area (Å²) in [5.41, 5.74) is 8.86.